The second-order valence-electron chi connectivity index (χ2n) is 6.34. The van der Waals surface area contributed by atoms with E-state index in [0.29, 0.717) is 35.1 Å². The summed E-state index contributed by atoms with van der Waals surface area (Å²) in [5, 5.41) is 14.6. The summed E-state index contributed by atoms with van der Waals surface area (Å²) in [5.41, 5.74) is 2.30. The summed E-state index contributed by atoms with van der Waals surface area (Å²) in [6.45, 7) is 5.70. The van der Waals surface area contributed by atoms with Crippen LogP contribution in [-0.2, 0) is 4.79 Å². The first kappa shape index (κ1) is 21.3. The Morgan fingerprint density at radius 3 is 2.57 bits per heavy atom. The predicted octanol–water partition coefficient (Wildman–Crippen LogP) is 4.53. The summed E-state index contributed by atoms with van der Waals surface area (Å²) < 4.78 is 11.7. The van der Waals surface area contributed by atoms with Crippen LogP contribution >= 0.6 is 15.9 Å². The smallest absolute Gasteiger partial charge is 0.335 e. The molecular formula is C22H19BrN2O5. The van der Waals surface area contributed by atoms with Gasteiger partial charge in [-0.25, -0.2) is 4.79 Å². The van der Waals surface area contributed by atoms with Crippen molar-refractivity contribution in [2.45, 2.75) is 6.92 Å². The van der Waals surface area contributed by atoms with Gasteiger partial charge in [0.25, 0.3) is 5.91 Å². The van der Waals surface area contributed by atoms with Gasteiger partial charge in [-0.2, -0.15) is 10.1 Å². The van der Waals surface area contributed by atoms with Gasteiger partial charge in [-0.15, -0.1) is 0 Å². The number of carbonyl (C=O) groups is 2. The van der Waals surface area contributed by atoms with E-state index >= 15 is 0 Å². The molecule has 154 valence electrons. The standard InChI is InChI=1S/C22H19BrN2O5/c1-4-9-30-20-12-18(23)15(11-19(20)29-3)10-17-13(2)24-25(21(17)26)16-7-5-14(6-8-16)22(27)28/h4-8,10-12H,1,9H2,2-3H3,(H,27,28). The summed E-state index contributed by atoms with van der Waals surface area (Å²) in [7, 11) is 1.54. The average molecular weight is 471 g/mol. The van der Waals surface area contributed by atoms with E-state index in [9.17, 15) is 9.59 Å². The molecule has 2 aromatic carbocycles. The third-order valence-electron chi connectivity index (χ3n) is 4.36. The van der Waals surface area contributed by atoms with Gasteiger partial charge in [-0.05, 0) is 55.0 Å². The van der Waals surface area contributed by atoms with Crippen LogP contribution in [0.4, 0.5) is 5.69 Å². The number of methoxy groups -OCH3 is 1. The Bertz CT molecular complexity index is 1070. The lowest BCUT2D eigenvalue weighted by atomic mass is 10.1. The number of carboxylic acid groups (broad SMARTS) is 1. The summed E-state index contributed by atoms with van der Waals surface area (Å²) in [4.78, 5) is 24.0. The number of hydrazone groups is 1. The van der Waals surface area contributed by atoms with Crippen molar-refractivity contribution in [1.29, 1.82) is 0 Å². The zero-order valence-corrected chi connectivity index (χ0v) is 18.0. The van der Waals surface area contributed by atoms with Crippen LogP contribution in [-0.4, -0.2) is 36.4 Å². The third-order valence-corrected chi connectivity index (χ3v) is 5.05. The van der Waals surface area contributed by atoms with Crippen molar-refractivity contribution in [3.63, 3.8) is 0 Å². The molecule has 0 aliphatic carbocycles. The molecule has 1 heterocycles. The van der Waals surface area contributed by atoms with E-state index in [0.717, 1.165) is 10.0 Å². The van der Waals surface area contributed by atoms with E-state index in [2.05, 4.69) is 27.6 Å². The van der Waals surface area contributed by atoms with Crippen LogP contribution in [0.15, 0.2) is 64.2 Å². The van der Waals surface area contributed by atoms with Crippen molar-refractivity contribution in [2.24, 2.45) is 5.10 Å². The van der Waals surface area contributed by atoms with Crippen LogP contribution < -0.4 is 14.5 Å². The molecular weight excluding hydrogens is 452 g/mol. The fraction of sp³-hybridized carbons (Fsp3) is 0.136. The maximum atomic E-state index is 13.0. The first-order chi connectivity index (χ1) is 14.3. The molecule has 1 aliphatic heterocycles. The number of carboxylic acids is 1. The van der Waals surface area contributed by atoms with E-state index in [4.69, 9.17) is 14.6 Å². The van der Waals surface area contributed by atoms with Crippen molar-refractivity contribution in [2.75, 3.05) is 18.7 Å². The normalized spacial score (nSPS) is 14.6. The quantitative estimate of drug-likeness (QED) is 0.474. The molecule has 1 amide bonds. The number of anilines is 1. The van der Waals surface area contributed by atoms with Crippen LogP contribution in [0.1, 0.15) is 22.8 Å². The molecule has 30 heavy (non-hydrogen) atoms. The Morgan fingerprint density at radius 1 is 1.27 bits per heavy atom. The molecule has 0 spiro atoms. The number of hydrogen-bond acceptors (Lipinski definition) is 5. The molecule has 2 aromatic rings. The summed E-state index contributed by atoms with van der Waals surface area (Å²) in [6, 6.07) is 9.49. The Balaban J connectivity index is 1.93. The van der Waals surface area contributed by atoms with E-state index < -0.39 is 5.97 Å². The number of rotatable bonds is 7. The fourth-order valence-corrected chi connectivity index (χ4v) is 3.28. The molecule has 0 aromatic heterocycles. The molecule has 0 saturated heterocycles. The van der Waals surface area contributed by atoms with Gasteiger partial charge in [0.05, 0.1) is 29.6 Å². The van der Waals surface area contributed by atoms with Gasteiger partial charge in [0, 0.05) is 4.47 Å². The molecule has 0 atom stereocenters. The van der Waals surface area contributed by atoms with Crippen LogP contribution in [0.5, 0.6) is 11.5 Å². The van der Waals surface area contributed by atoms with Gasteiger partial charge in [0.2, 0.25) is 0 Å². The highest BCUT2D eigenvalue weighted by Gasteiger charge is 2.29. The van der Waals surface area contributed by atoms with Crippen LogP contribution in [0.3, 0.4) is 0 Å². The summed E-state index contributed by atoms with van der Waals surface area (Å²) in [5.74, 6) is -0.273. The molecule has 0 bridgehead atoms. The highest BCUT2D eigenvalue weighted by atomic mass is 79.9. The molecule has 0 saturated carbocycles. The van der Waals surface area contributed by atoms with Crippen LogP contribution in [0, 0.1) is 0 Å². The van der Waals surface area contributed by atoms with E-state index in [-0.39, 0.29) is 11.5 Å². The predicted molar refractivity (Wildman–Crippen MR) is 118 cm³/mol. The number of carbonyl (C=O) groups excluding carboxylic acids is 1. The largest absolute Gasteiger partial charge is 0.493 e. The second kappa shape index (κ2) is 8.96. The van der Waals surface area contributed by atoms with Gasteiger partial charge in [-0.3, -0.25) is 4.79 Å². The second-order valence-corrected chi connectivity index (χ2v) is 7.19. The van der Waals surface area contributed by atoms with E-state index in [1.165, 1.54) is 24.3 Å². The van der Waals surface area contributed by atoms with Crippen molar-refractivity contribution in [3.8, 4) is 11.5 Å². The van der Waals surface area contributed by atoms with Gasteiger partial charge < -0.3 is 14.6 Å². The van der Waals surface area contributed by atoms with Gasteiger partial charge in [0.15, 0.2) is 11.5 Å². The third kappa shape index (κ3) is 4.28. The number of hydrogen-bond donors (Lipinski definition) is 1. The number of aromatic carboxylic acids is 1. The number of nitrogens with zero attached hydrogens (tertiary/aromatic N) is 2. The molecule has 7 nitrogen and oxygen atoms in total. The number of amides is 1. The van der Waals surface area contributed by atoms with Gasteiger partial charge >= 0.3 is 5.97 Å². The Hall–Kier alpha value is -3.39. The number of benzene rings is 2. The SMILES string of the molecule is C=CCOc1cc(Br)c(C=C2C(=O)N(c3ccc(C(=O)O)cc3)N=C2C)cc1OC. The van der Waals surface area contributed by atoms with E-state index in [1.807, 2.05) is 0 Å². The highest BCUT2D eigenvalue weighted by molar-refractivity contribution is 9.10. The average Bonchev–Trinajstić information content (AvgIpc) is 3.01. The maximum absolute atomic E-state index is 13.0. The number of halogens is 1. The first-order valence-corrected chi connectivity index (χ1v) is 9.71. The van der Waals surface area contributed by atoms with Crippen molar-refractivity contribution >= 4 is 45.3 Å². The lowest BCUT2D eigenvalue weighted by Crippen LogP contribution is -2.21. The molecule has 0 unspecified atom stereocenters. The van der Waals surface area contributed by atoms with E-state index in [1.54, 1.807) is 43.3 Å². The monoisotopic (exact) mass is 470 g/mol. The minimum absolute atomic E-state index is 0.136. The van der Waals surface area contributed by atoms with Gasteiger partial charge in [0.1, 0.15) is 6.61 Å². The van der Waals surface area contributed by atoms with Crippen molar-refractivity contribution in [3.05, 3.63) is 70.2 Å². The molecule has 8 heteroatoms. The van der Waals surface area contributed by atoms with Crippen LogP contribution in [0.25, 0.3) is 6.08 Å². The molecule has 0 radical (unpaired) electrons. The maximum Gasteiger partial charge on any atom is 0.335 e. The zero-order chi connectivity index (χ0) is 21.8. The zero-order valence-electron chi connectivity index (χ0n) is 16.4. The first-order valence-electron chi connectivity index (χ1n) is 8.92. The lowest BCUT2D eigenvalue weighted by molar-refractivity contribution is -0.114. The van der Waals surface area contributed by atoms with Gasteiger partial charge in [-0.1, -0.05) is 28.6 Å². The summed E-state index contributed by atoms with van der Waals surface area (Å²) in [6.07, 6.45) is 3.36. The van der Waals surface area contributed by atoms with Crippen molar-refractivity contribution in [1.82, 2.24) is 0 Å². The minimum Gasteiger partial charge on any atom is -0.493 e. The molecule has 3 rings (SSSR count). The summed E-state index contributed by atoms with van der Waals surface area (Å²) >= 11 is 3.50. The molecule has 1 aliphatic rings. The molecule has 1 N–H and O–H groups in total. The van der Waals surface area contributed by atoms with Crippen LogP contribution in [0.2, 0.25) is 0 Å². The topological polar surface area (TPSA) is 88.4 Å². The Labute approximate surface area is 182 Å². The fourth-order valence-electron chi connectivity index (χ4n) is 2.84. The Kier molecular flexibility index (Phi) is 6.37. The minimum atomic E-state index is -1.03. The lowest BCUT2D eigenvalue weighted by Gasteiger charge is -2.13. The molecule has 0 fully saturated rings. The highest BCUT2D eigenvalue weighted by Crippen LogP contribution is 2.35. The van der Waals surface area contributed by atoms with Crippen molar-refractivity contribution < 1.29 is 24.2 Å². The Morgan fingerprint density at radius 2 is 1.97 bits per heavy atom. The number of ether oxygens (including phenoxy) is 2.